The van der Waals surface area contributed by atoms with Gasteiger partial charge >= 0.3 is 11.9 Å². The van der Waals surface area contributed by atoms with E-state index in [9.17, 15) is 19.5 Å². The molecule has 2 aromatic carbocycles. The predicted octanol–water partition coefficient (Wildman–Crippen LogP) is 4.27. The summed E-state index contributed by atoms with van der Waals surface area (Å²) in [6.45, 7) is 3.95. The number of ether oxygens (including phenoxy) is 3. The monoisotopic (exact) mass is 508 g/mol. The van der Waals surface area contributed by atoms with Crippen molar-refractivity contribution in [2.75, 3.05) is 25.7 Å². The number of anilines is 1. The van der Waals surface area contributed by atoms with Gasteiger partial charge in [-0.1, -0.05) is 23.5 Å². The molecule has 9 nitrogen and oxygen atoms in total. The number of carbonyl (C=O) groups is 3. The predicted molar refractivity (Wildman–Crippen MR) is 134 cm³/mol. The fourth-order valence-corrected chi connectivity index (χ4v) is 4.94. The summed E-state index contributed by atoms with van der Waals surface area (Å²) in [5.41, 5.74) is 1.17. The highest BCUT2D eigenvalue weighted by atomic mass is 32.1. The lowest BCUT2D eigenvalue weighted by Crippen LogP contribution is -2.29. The summed E-state index contributed by atoms with van der Waals surface area (Å²) >= 11 is 0.940. The number of rotatable bonds is 7. The lowest BCUT2D eigenvalue weighted by molar-refractivity contribution is -0.132. The maximum Gasteiger partial charge on any atom is 0.350 e. The number of methoxy groups -OCH3 is 2. The lowest BCUT2D eigenvalue weighted by atomic mass is 9.95. The van der Waals surface area contributed by atoms with Crippen molar-refractivity contribution in [1.82, 2.24) is 4.98 Å². The largest absolute Gasteiger partial charge is 0.507 e. The zero-order chi connectivity index (χ0) is 26.0. The Morgan fingerprint density at radius 2 is 1.69 bits per heavy atom. The van der Waals surface area contributed by atoms with Crippen LogP contribution in [0.2, 0.25) is 0 Å². The number of carbonyl (C=O) groups excluding carboxylic acids is 3. The first kappa shape index (κ1) is 24.9. The third-order valence-corrected chi connectivity index (χ3v) is 6.81. The Morgan fingerprint density at radius 3 is 2.28 bits per heavy atom. The normalized spacial score (nSPS) is 16.8. The lowest BCUT2D eigenvalue weighted by Gasteiger charge is -2.23. The van der Waals surface area contributed by atoms with E-state index in [1.54, 1.807) is 55.5 Å². The number of aromatic nitrogens is 1. The van der Waals surface area contributed by atoms with Crippen LogP contribution in [0.15, 0.2) is 54.1 Å². The van der Waals surface area contributed by atoms with Gasteiger partial charge in [0.05, 0.1) is 38.1 Å². The average Bonchev–Trinajstić information content (AvgIpc) is 3.40. The second-order valence-electron chi connectivity index (χ2n) is 7.80. The van der Waals surface area contributed by atoms with E-state index in [0.29, 0.717) is 34.9 Å². The Kier molecular flexibility index (Phi) is 7.07. The van der Waals surface area contributed by atoms with Crippen LogP contribution in [0.1, 0.15) is 39.5 Å². The molecule has 4 rings (SSSR count). The molecular weight excluding hydrogens is 484 g/mol. The first-order chi connectivity index (χ1) is 17.3. The third kappa shape index (κ3) is 4.42. The highest BCUT2D eigenvalue weighted by Crippen LogP contribution is 2.44. The average molecular weight is 509 g/mol. The fraction of sp³-hybridized carbons (Fsp3) is 0.231. The van der Waals surface area contributed by atoms with Crippen LogP contribution < -0.4 is 14.4 Å². The van der Waals surface area contributed by atoms with Crippen LogP contribution in [0.5, 0.6) is 11.5 Å². The topological polar surface area (TPSA) is 115 Å². The Balaban J connectivity index is 1.88. The van der Waals surface area contributed by atoms with Crippen molar-refractivity contribution in [2.24, 2.45) is 0 Å². The van der Waals surface area contributed by atoms with Crippen LogP contribution in [0.4, 0.5) is 5.13 Å². The van der Waals surface area contributed by atoms with E-state index >= 15 is 0 Å². The van der Waals surface area contributed by atoms with E-state index in [-0.39, 0.29) is 21.3 Å². The number of esters is 1. The number of hydrogen-bond acceptors (Lipinski definition) is 9. The van der Waals surface area contributed by atoms with Crippen molar-refractivity contribution in [1.29, 1.82) is 0 Å². The van der Waals surface area contributed by atoms with Crippen LogP contribution in [0.3, 0.4) is 0 Å². The number of benzene rings is 2. The van der Waals surface area contributed by atoms with Crippen molar-refractivity contribution < 1.29 is 33.7 Å². The van der Waals surface area contributed by atoms with Crippen LogP contribution in [0.25, 0.3) is 5.76 Å². The number of aryl methyl sites for hydroxylation is 1. The maximum absolute atomic E-state index is 13.3. The Hall–Kier alpha value is -4.18. The molecule has 10 heteroatoms. The van der Waals surface area contributed by atoms with Crippen molar-refractivity contribution in [2.45, 2.75) is 19.9 Å². The van der Waals surface area contributed by atoms with Gasteiger partial charge < -0.3 is 19.3 Å². The number of aliphatic hydroxyl groups excluding tert-OH is 1. The molecule has 0 spiro atoms. The minimum atomic E-state index is -0.987. The van der Waals surface area contributed by atoms with Crippen LogP contribution in [0, 0.1) is 6.92 Å². The number of hydrogen-bond donors (Lipinski definition) is 1. The van der Waals surface area contributed by atoms with Gasteiger partial charge in [-0.25, -0.2) is 9.78 Å². The van der Waals surface area contributed by atoms with Gasteiger partial charge in [0.1, 0.15) is 22.1 Å². The summed E-state index contributed by atoms with van der Waals surface area (Å²) < 4.78 is 15.5. The minimum absolute atomic E-state index is 0.0956. The van der Waals surface area contributed by atoms with Gasteiger partial charge in [0.15, 0.2) is 5.13 Å². The number of thiazole rings is 1. The van der Waals surface area contributed by atoms with Gasteiger partial charge in [0, 0.05) is 5.56 Å². The summed E-state index contributed by atoms with van der Waals surface area (Å²) in [5, 5.41) is 11.4. The molecule has 3 aromatic rings. The smallest absolute Gasteiger partial charge is 0.350 e. The van der Waals surface area contributed by atoms with Gasteiger partial charge in [-0.05, 0) is 55.8 Å². The van der Waals surface area contributed by atoms with E-state index in [1.807, 2.05) is 6.92 Å². The fourth-order valence-electron chi connectivity index (χ4n) is 3.93. The standard InChI is InChI=1S/C26H24N2O7S/c1-5-35-18-12-8-16(9-13-18)21(29)19-20(15-6-10-17(33-3)11-7-15)28(24(31)22(19)30)26-27-14(2)23(36-26)25(32)34-4/h6-13,20,29H,5H2,1-4H3/b21-19-. The molecule has 1 aliphatic heterocycles. The summed E-state index contributed by atoms with van der Waals surface area (Å²) in [4.78, 5) is 44.5. The molecule has 1 aromatic heterocycles. The van der Waals surface area contributed by atoms with Crippen molar-refractivity contribution >= 4 is 39.9 Å². The van der Waals surface area contributed by atoms with Crippen molar-refractivity contribution in [3.63, 3.8) is 0 Å². The Labute approximate surface area is 211 Å². The minimum Gasteiger partial charge on any atom is -0.507 e. The molecule has 0 aliphatic carbocycles. The summed E-state index contributed by atoms with van der Waals surface area (Å²) in [6, 6.07) is 12.4. The first-order valence-electron chi connectivity index (χ1n) is 11.0. The quantitative estimate of drug-likeness (QED) is 0.218. The molecule has 0 bridgehead atoms. The molecule has 1 aliphatic rings. The molecule has 186 valence electrons. The molecule has 0 saturated carbocycles. The molecule has 36 heavy (non-hydrogen) atoms. The van der Waals surface area contributed by atoms with Crippen LogP contribution in [-0.2, 0) is 14.3 Å². The molecule has 1 atom stereocenters. The molecule has 2 heterocycles. The van der Waals surface area contributed by atoms with Gasteiger partial charge in [-0.2, -0.15) is 0 Å². The number of ketones is 1. The Bertz CT molecular complexity index is 1340. The first-order valence-corrected chi connectivity index (χ1v) is 11.9. The molecule has 1 amide bonds. The van der Waals surface area contributed by atoms with Gasteiger partial charge in [0.2, 0.25) is 0 Å². The van der Waals surface area contributed by atoms with E-state index in [1.165, 1.54) is 19.1 Å². The number of Topliss-reactive ketones (excluding diaryl/α,β-unsaturated/α-hetero) is 1. The van der Waals surface area contributed by atoms with Gasteiger partial charge in [-0.3, -0.25) is 14.5 Å². The van der Waals surface area contributed by atoms with E-state index in [2.05, 4.69) is 4.98 Å². The molecule has 1 saturated heterocycles. The summed E-state index contributed by atoms with van der Waals surface area (Å²) in [7, 11) is 2.78. The summed E-state index contributed by atoms with van der Waals surface area (Å²) in [5.74, 6) is -1.47. The van der Waals surface area contributed by atoms with Gasteiger partial charge in [-0.15, -0.1) is 0 Å². The molecule has 1 fully saturated rings. The number of nitrogens with zero attached hydrogens (tertiary/aromatic N) is 2. The molecule has 0 radical (unpaired) electrons. The highest BCUT2D eigenvalue weighted by molar-refractivity contribution is 7.17. The van der Waals surface area contributed by atoms with Crippen LogP contribution in [-0.4, -0.2) is 48.6 Å². The zero-order valence-electron chi connectivity index (χ0n) is 20.1. The van der Waals surface area contributed by atoms with E-state index < -0.39 is 23.7 Å². The van der Waals surface area contributed by atoms with E-state index in [0.717, 1.165) is 11.3 Å². The SMILES string of the molecule is CCOc1ccc(/C(O)=C2/C(=O)C(=O)N(c3nc(C)c(C(=O)OC)s3)C2c2ccc(OC)cc2)cc1. The van der Waals surface area contributed by atoms with Crippen molar-refractivity contribution in [3.05, 3.63) is 75.8 Å². The van der Waals surface area contributed by atoms with E-state index in [4.69, 9.17) is 14.2 Å². The summed E-state index contributed by atoms with van der Waals surface area (Å²) in [6.07, 6.45) is 0. The molecular formula is C26H24N2O7S. The molecule has 1 N–H and O–H groups in total. The maximum atomic E-state index is 13.3. The second kappa shape index (κ2) is 10.2. The number of amides is 1. The Morgan fingerprint density at radius 1 is 1.06 bits per heavy atom. The van der Waals surface area contributed by atoms with Crippen LogP contribution >= 0.6 is 11.3 Å². The highest BCUT2D eigenvalue weighted by Gasteiger charge is 2.48. The van der Waals surface area contributed by atoms with Crippen molar-refractivity contribution in [3.8, 4) is 11.5 Å². The zero-order valence-corrected chi connectivity index (χ0v) is 20.9. The molecule has 1 unspecified atom stereocenters. The van der Waals surface area contributed by atoms with Gasteiger partial charge in [0.25, 0.3) is 5.78 Å². The third-order valence-electron chi connectivity index (χ3n) is 5.68. The second-order valence-corrected chi connectivity index (χ2v) is 8.78. The number of aliphatic hydroxyl groups is 1.